The van der Waals surface area contributed by atoms with Crippen LogP contribution in [-0.2, 0) is 20.8 Å². The number of likely N-dealkylation sites (tertiary alicyclic amines) is 1. The number of alkyl carbamates (subject to hydrolysis) is 1. The van der Waals surface area contributed by atoms with Crippen molar-refractivity contribution in [3.8, 4) is 0 Å². The second-order valence-electron chi connectivity index (χ2n) is 7.38. The van der Waals surface area contributed by atoms with Gasteiger partial charge in [-0.25, -0.2) is 9.59 Å². The normalized spacial score (nSPS) is 20.4. The molecule has 0 aliphatic carbocycles. The van der Waals surface area contributed by atoms with Gasteiger partial charge in [-0.05, 0) is 32.8 Å². The molecule has 26 heavy (non-hydrogen) atoms. The first-order valence-electron chi connectivity index (χ1n) is 8.75. The maximum absolute atomic E-state index is 12.3. The van der Waals surface area contributed by atoms with Gasteiger partial charge in [0, 0.05) is 13.7 Å². The highest BCUT2D eigenvalue weighted by Crippen LogP contribution is 2.17. The van der Waals surface area contributed by atoms with Gasteiger partial charge in [0.05, 0.1) is 18.7 Å². The summed E-state index contributed by atoms with van der Waals surface area (Å²) >= 11 is 0. The zero-order chi connectivity index (χ0) is 19.2. The molecule has 1 saturated heterocycles. The first kappa shape index (κ1) is 20.0. The van der Waals surface area contributed by atoms with Gasteiger partial charge in [0.25, 0.3) is 0 Å². The Bertz CT molecular complexity index is 600. The molecule has 1 aromatic carbocycles. The summed E-state index contributed by atoms with van der Waals surface area (Å²) in [5.74, 6) is 0. The molecule has 1 aliphatic rings. The fourth-order valence-corrected chi connectivity index (χ4v) is 2.74. The molecule has 0 bridgehead atoms. The molecule has 7 heteroatoms. The molecule has 0 saturated carbocycles. The lowest BCUT2D eigenvalue weighted by Crippen LogP contribution is -2.55. The van der Waals surface area contributed by atoms with Crippen molar-refractivity contribution in [2.45, 2.75) is 51.5 Å². The van der Waals surface area contributed by atoms with Crippen LogP contribution in [0.1, 0.15) is 32.8 Å². The number of ether oxygens (including phenoxy) is 3. The molecule has 1 aliphatic heterocycles. The van der Waals surface area contributed by atoms with Gasteiger partial charge < -0.3 is 24.4 Å². The summed E-state index contributed by atoms with van der Waals surface area (Å²) in [4.78, 5) is 26.0. The molecule has 0 spiro atoms. The van der Waals surface area contributed by atoms with Crippen molar-refractivity contribution < 1.29 is 23.8 Å². The van der Waals surface area contributed by atoms with Crippen LogP contribution in [0.4, 0.5) is 9.59 Å². The largest absolute Gasteiger partial charge is 0.445 e. The number of carbonyl (C=O) groups is 2. The molecule has 2 atom stereocenters. The molecule has 1 fully saturated rings. The second kappa shape index (κ2) is 8.89. The number of carbonyl (C=O) groups excluding carboxylic acids is 2. The minimum Gasteiger partial charge on any atom is -0.445 e. The first-order chi connectivity index (χ1) is 12.3. The Labute approximate surface area is 154 Å². The highest BCUT2D eigenvalue weighted by atomic mass is 16.6. The second-order valence-corrected chi connectivity index (χ2v) is 7.38. The minimum atomic E-state index is -0.575. The van der Waals surface area contributed by atoms with E-state index in [4.69, 9.17) is 14.2 Å². The topological polar surface area (TPSA) is 77.1 Å². The molecule has 0 aromatic heterocycles. The number of rotatable bonds is 4. The molecule has 2 unspecified atom stereocenters. The number of hydrogen-bond acceptors (Lipinski definition) is 5. The number of nitrogens with one attached hydrogen (secondary N) is 1. The first-order valence-corrected chi connectivity index (χ1v) is 8.75. The van der Waals surface area contributed by atoms with E-state index in [0.29, 0.717) is 19.5 Å². The van der Waals surface area contributed by atoms with Crippen molar-refractivity contribution in [2.24, 2.45) is 0 Å². The van der Waals surface area contributed by atoms with Crippen molar-refractivity contribution in [3.63, 3.8) is 0 Å². The van der Waals surface area contributed by atoms with Crippen LogP contribution < -0.4 is 5.32 Å². The average molecular weight is 364 g/mol. The molecule has 2 rings (SSSR count). The predicted octanol–water partition coefficient (Wildman–Crippen LogP) is 2.94. The Balaban J connectivity index is 1.88. The van der Waals surface area contributed by atoms with Crippen LogP contribution in [0.25, 0.3) is 0 Å². The van der Waals surface area contributed by atoms with Crippen LogP contribution in [0.15, 0.2) is 30.3 Å². The van der Waals surface area contributed by atoms with E-state index in [1.165, 1.54) is 0 Å². The van der Waals surface area contributed by atoms with Crippen molar-refractivity contribution in [1.29, 1.82) is 0 Å². The summed E-state index contributed by atoms with van der Waals surface area (Å²) < 4.78 is 16.1. The van der Waals surface area contributed by atoms with Gasteiger partial charge in [-0.1, -0.05) is 30.3 Å². The minimum absolute atomic E-state index is 0.171. The van der Waals surface area contributed by atoms with Crippen LogP contribution in [0, 0.1) is 0 Å². The summed E-state index contributed by atoms with van der Waals surface area (Å²) in [6.07, 6.45) is -0.491. The van der Waals surface area contributed by atoms with Gasteiger partial charge in [-0.15, -0.1) is 0 Å². The highest BCUT2D eigenvalue weighted by molar-refractivity contribution is 5.70. The predicted molar refractivity (Wildman–Crippen MR) is 96.8 cm³/mol. The van der Waals surface area contributed by atoms with E-state index >= 15 is 0 Å². The van der Waals surface area contributed by atoms with E-state index in [-0.39, 0.29) is 18.8 Å². The maximum Gasteiger partial charge on any atom is 0.410 e. The standard InChI is InChI=1S/C19H28N2O5/c1-19(2,3)26-18(23)21-11-15(10-16(12-21)24-4)20-17(22)25-13-14-8-6-5-7-9-14/h5-9,15-16H,10-13H2,1-4H3,(H,20,22). The smallest absolute Gasteiger partial charge is 0.410 e. The Morgan fingerprint density at radius 1 is 1.19 bits per heavy atom. The van der Waals surface area contributed by atoms with Crippen molar-refractivity contribution in [2.75, 3.05) is 20.2 Å². The van der Waals surface area contributed by atoms with Crippen molar-refractivity contribution in [1.82, 2.24) is 10.2 Å². The molecule has 1 N–H and O–H groups in total. The molecular weight excluding hydrogens is 336 g/mol. The number of amides is 2. The summed E-state index contributed by atoms with van der Waals surface area (Å²) in [7, 11) is 1.59. The van der Waals surface area contributed by atoms with Crippen LogP contribution in [0.5, 0.6) is 0 Å². The van der Waals surface area contributed by atoms with Crippen LogP contribution in [0.2, 0.25) is 0 Å². The van der Waals surface area contributed by atoms with Crippen molar-refractivity contribution >= 4 is 12.2 Å². The number of nitrogens with zero attached hydrogens (tertiary/aromatic N) is 1. The highest BCUT2D eigenvalue weighted by Gasteiger charge is 2.33. The van der Waals surface area contributed by atoms with Crippen LogP contribution >= 0.6 is 0 Å². The molecule has 2 amide bonds. The Morgan fingerprint density at radius 3 is 2.50 bits per heavy atom. The van der Waals surface area contributed by atoms with E-state index in [1.54, 1.807) is 12.0 Å². The Hall–Kier alpha value is -2.28. The summed E-state index contributed by atoms with van der Waals surface area (Å²) in [6, 6.07) is 9.20. The van der Waals surface area contributed by atoms with Gasteiger partial charge in [-0.3, -0.25) is 0 Å². The number of hydrogen-bond donors (Lipinski definition) is 1. The van der Waals surface area contributed by atoms with E-state index < -0.39 is 17.8 Å². The fraction of sp³-hybridized carbons (Fsp3) is 0.579. The van der Waals surface area contributed by atoms with E-state index in [9.17, 15) is 9.59 Å². The fourth-order valence-electron chi connectivity index (χ4n) is 2.74. The van der Waals surface area contributed by atoms with Crippen LogP contribution in [-0.4, -0.2) is 55.0 Å². The van der Waals surface area contributed by atoms with Gasteiger partial charge in [0.1, 0.15) is 12.2 Å². The van der Waals surface area contributed by atoms with Gasteiger partial charge in [0.2, 0.25) is 0 Å². The van der Waals surface area contributed by atoms with E-state index in [0.717, 1.165) is 5.56 Å². The lowest BCUT2D eigenvalue weighted by Gasteiger charge is -2.37. The van der Waals surface area contributed by atoms with Gasteiger partial charge in [0.15, 0.2) is 0 Å². The Morgan fingerprint density at radius 2 is 1.88 bits per heavy atom. The zero-order valence-corrected chi connectivity index (χ0v) is 15.9. The third-order valence-corrected chi connectivity index (χ3v) is 3.93. The lowest BCUT2D eigenvalue weighted by atomic mass is 10.0. The molecule has 1 heterocycles. The molecule has 7 nitrogen and oxygen atoms in total. The molecule has 144 valence electrons. The maximum atomic E-state index is 12.3. The van der Waals surface area contributed by atoms with E-state index in [1.807, 2.05) is 51.1 Å². The van der Waals surface area contributed by atoms with E-state index in [2.05, 4.69) is 5.32 Å². The third-order valence-electron chi connectivity index (χ3n) is 3.93. The molecular formula is C19H28N2O5. The summed E-state index contributed by atoms with van der Waals surface area (Å²) in [5.41, 5.74) is 0.339. The third kappa shape index (κ3) is 6.55. The Kier molecular flexibility index (Phi) is 6.85. The average Bonchev–Trinajstić information content (AvgIpc) is 2.59. The lowest BCUT2D eigenvalue weighted by molar-refractivity contribution is -0.0137. The van der Waals surface area contributed by atoms with Gasteiger partial charge >= 0.3 is 12.2 Å². The molecule has 0 radical (unpaired) electrons. The van der Waals surface area contributed by atoms with Crippen LogP contribution in [0.3, 0.4) is 0 Å². The zero-order valence-electron chi connectivity index (χ0n) is 15.9. The SMILES string of the molecule is COC1CC(NC(=O)OCc2ccccc2)CN(C(=O)OC(C)(C)C)C1. The number of benzene rings is 1. The quantitative estimate of drug-likeness (QED) is 0.889. The molecule has 1 aromatic rings. The summed E-state index contributed by atoms with van der Waals surface area (Å²) in [6.45, 7) is 6.44. The number of methoxy groups -OCH3 is 1. The number of piperidine rings is 1. The van der Waals surface area contributed by atoms with Crippen molar-refractivity contribution in [3.05, 3.63) is 35.9 Å². The van der Waals surface area contributed by atoms with Gasteiger partial charge in [-0.2, -0.15) is 0 Å². The summed E-state index contributed by atoms with van der Waals surface area (Å²) in [5, 5.41) is 2.81. The monoisotopic (exact) mass is 364 g/mol.